The molecule has 1 atom stereocenters. The molecule has 92 valence electrons. The van der Waals surface area contributed by atoms with E-state index in [0.717, 1.165) is 16.1 Å². The summed E-state index contributed by atoms with van der Waals surface area (Å²) in [6.07, 6.45) is -0.0638. The lowest BCUT2D eigenvalue weighted by molar-refractivity contribution is 0.0738. The van der Waals surface area contributed by atoms with Gasteiger partial charge in [0.25, 0.3) is 5.91 Å². The summed E-state index contributed by atoms with van der Waals surface area (Å²) < 4.78 is 0. The fourth-order valence-corrected chi connectivity index (χ4v) is 3.18. The molecule has 0 fully saturated rings. The molecule has 0 radical (unpaired) electrons. The third-order valence-corrected chi connectivity index (χ3v) is 4.24. The number of fused-ring (bicyclic) bond motifs is 1. The standard InChI is InChI=1S/C14H14N2OS/c1-9-7-8-12(18-9)13-15-11-6-4-3-5-10(11)14(17)16(13)2/h3-8,13,15H,1-2H3/t13-/m0/s1. The molecule has 1 aromatic carbocycles. The molecule has 0 spiro atoms. The van der Waals surface area contributed by atoms with E-state index >= 15 is 0 Å². The van der Waals surface area contributed by atoms with Gasteiger partial charge in [0.2, 0.25) is 0 Å². The smallest absolute Gasteiger partial charge is 0.257 e. The molecule has 0 saturated carbocycles. The van der Waals surface area contributed by atoms with Crippen molar-refractivity contribution < 1.29 is 4.79 Å². The highest BCUT2D eigenvalue weighted by molar-refractivity contribution is 7.12. The Bertz CT molecular complexity index is 605. The van der Waals surface area contributed by atoms with Crippen molar-refractivity contribution in [1.82, 2.24) is 4.90 Å². The second kappa shape index (κ2) is 4.14. The normalized spacial score (nSPS) is 18.4. The maximum Gasteiger partial charge on any atom is 0.257 e. The van der Waals surface area contributed by atoms with Crippen LogP contribution in [0.1, 0.15) is 26.3 Å². The van der Waals surface area contributed by atoms with Gasteiger partial charge in [-0.05, 0) is 31.2 Å². The van der Waals surface area contributed by atoms with Crippen LogP contribution in [0.4, 0.5) is 5.69 Å². The Labute approximate surface area is 110 Å². The van der Waals surface area contributed by atoms with Crippen LogP contribution in [0, 0.1) is 6.92 Å². The number of nitrogens with one attached hydrogen (secondary N) is 1. The topological polar surface area (TPSA) is 32.3 Å². The summed E-state index contributed by atoms with van der Waals surface area (Å²) in [7, 11) is 1.84. The van der Waals surface area contributed by atoms with E-state index in [0.29, 0.717) is 0 Å². The lowest BCUT2D eigenvalue weighted by Crippen LogP contribution is -2.39. The van der Waals surface area contributed by atoms with Crippen molar-refractivity contribution in [3.63, 3.8) is 0 Å². The van der Waals surface area contributed by atoms with E-state index in [1.165, 1.54) is 4.88 Å². The predicted octanol–water partition coefficient (Wildman–Crippen LogP) is 3.25. The van der Waals surface area contributed by atoms with E-state index in [9.17, 15) is 4.79 Å². The van der Waals surface area contributed by atoms with Crippen LogP contribution in [-0.2, 0) is 0 Å². The second-order valence-corrected chi connectivity index (χ2v) is 5.78. The molecule has 2 aromatic rings. The SMILES string of the molecule is Cc1ccc([C@H]2Nc3ccccc3C(=O)N2C)s1. The third-order valence-electron chi connectivity index (χ3n) is 3.19. The molecule has 18 heavy (non-hydrogen) atoms. The van der Waals surface area contributed by atoms with Gasteiger partial charge in [-0.15, -0.1) is 11.3 Å². The van der Waals surface area contributed by atoms with Gasteiger partial charge in [-0.3, -0.25) is 4.79 Å². The largest absolute Gasteiger partial charge is 0.360 e. The number of carbonyl (C=O) groups is 1. The first-order valence-corrected chi connectivity index (χ1v) is 6.67. The fourth-order valence-electron chi connectivity index (χ4n) is 2.21. The number of amides is 1. The van der Waals surface area contributed by atoms with Crippen molar-refractivity contribution in [3.8, 4) is 0 Å². The molecule has 1 aliphatic rings. The molecule has 0 bridgehead atoms. The third kappa shape index (κ3) is 1.69. The summed E-state index contributed by atoms with van der Waals surface area (Å²) in [5.41, 5.74) is 1.65. The molecular weight excluding hydrogens is 244 g/mol. The fraction of sp³-hybridized carbons (Fsp3) is 0.214. The molecular formula is C14H14N2OS. The highest BCUT2D eigenvalue weighted by Crippen LogP contribution is 2.34. The number of thiophene rings is 1. The zero-order chi connectivity index (χ0) is 12.7. The van der Waals surface area contributed by atoms with Gasteiger partial charge in [-0.1, -0.05) is 12.1 Å². The lowest BCUT2D eigenvalue weighted by atomic mass is 10.1. The van der Waals surface area contributed by atoms with Crippen LogP contribution in [-0.4, -0.2) is 17.9 Å². The van der Waals surface area contributed by atoms with Crippen LogP contribution in [0.15, 0.2) is 36.4 Å². The number of nitrogens with zero attached hydrogens (tertiary/aromatic N) is 1. The van der Waals surface area contributed by atoms with E-state index < -0.39 is 0 Å². The quantitative estimate of drug-likeness (QED) is 0.851. The van der Waals surface area contributed by atoms with Crippen molar-refractivity contribution in [1.29, 1.82) is 0 Å². The average Bonchev–Trinajstić information content (AvgIpc) is 2.80. The van der Waals surface area contributed by atoms with Crippen molar-refractivity contribution in [2.24, 2.45) is 0 Å². The summed E-state index contributed by atoms with van der Waals surface area (Å²) in [5, 5.41) is 3.42. The number of hydrogen-bond donors (Lipinski definition) is 1. The summed E-state index contributed by atoms with van der Waals surface area (Å²) in [5.74, 6) is 0.0698. The Balaban J connectivity index is 2.03. The monoisotopic (exact) mass is 258 g/mol. The van der Waals surface area contributed by atoms with Gasteiger partial charge in [0.05, 0.1) is 5.56 Å². The summed E-state index contributed by atoms with van der Waals surface area (Å²) >= 11 is 1.72. The highest BCUT2D eigenvalue weighted by atomic mass is 32.1. The van der Waals surface area contributed by atoms with Crippen LogP contribution in [0.25, 0.3) is 0 Å². The van der Waals surface area contributed by atoms with Crippen LogP contribution < -0.4 is 5.32 Å². The van der Waals surface area contributed by atoms with Crippen LogP contribution in [0.5, 0.6) is 0 Å². The van der Waals surface area contributed by atoms with Crippen molar-refractivity contribution in [2.45, 2.75) is 13.1 Å². The molecule has 0 saturated heterocycles. The molecule has 2 heterocycles. The molecule has 0 unspecified atom stereocenters. The summed E-state index contributed by atoms with van der Waals surface area (Å²) in [6, 6.07) is 11.8. The van der Waals surface area contributed by atoms with Gasteiger partial charge >= 0.3 is 0 Å². The number of aryl methyl sites for hydroxylation is 1. The van der Waals surface area contributed by atoms with E-state index in [-0.39, 0.29) is 12.1 Å². The Kier molecular flexibility index (Phi) is 2.59. The van der Waals surface area contributed by atoms with E-state index in [1.54, 1.807) is 16.2 Å². The zero-order valence-corrected chi connectivity index (χ0v) is 11.1. The Morgan fingerprint density at radius 1 is 1.22 bits per heavy atom. The van der Waals surface area contributed by atoms with Crippen molar-refractivity contribution >= 4 is 22.9 Å². The molecule has 1 aromatic heterocycles. The number of anilines is 1. The molecule has 1 N–H and O–H groups in total. The maximum absolute atomic E-state index is 12.3. The Morgan fingerprint density at radius 2 is 2.00 bits per heavy atom. The van der Waals surface area contributed by atoms with Gasteiger partial charge in [-0.25, -0.2) is 0 Å². The van der Waals surface area contributed by atoms with Crippen LogP contribution >= 0.6 is 11.3 Å². The van der Waals surface area contributed by atoms with Gasteiger partial charge in [0.15, 0.2) is 0 Å². The zero-order valence-electron chi connectivity index (χ0n) is 10.3. The summed E-state index contributed by atoms with van der Waals surface area (Å²) in [4.78, 5) is 16.5. The molecule has 3 rings (SSSR count). The summed E-state index contributed by atoms with van der Waals surface area (Å²) in [6.45, 7) is 2.08. The first-order chi connectivity index (χ1) is 8.66. The molecule has 1 aliphatic heterocycles. The number of para-hydroxylation sites is 1. The van der Waals surface area contributed by atoms with Gasteiger partial charge in [-0.2, -0.15) is 0 Å². The number of rotatable bonds is 1. The second-order valence-electron chi connectivity index (χ2n) is 4.46. The Hall–Kier alpha value is -1.81. The van der Waals surface area contributed by atoms with Crippen molar-refractivity contribution in [2.75, 3.05) is 12.4 Å². The average molecular weight is 258 g/mol. The van der Waals surface area contributed by atoms with Crippen LogP contribution in [0.3, 0.4) is 0 Å². The van der Waals surface area contributed by atoms with Gasteiger partial charge in [0, 0.05) is 22.5 Å². The molecule has 4 heteroatoms. The predicted molar refractivity (Wildman–Crippen MR) is 74.0 cm³/mol. The van der Waals surface area contributed by atoms with E-state index in [1.807, 2.05) is 31.3 Å². The number of benzene rings is 1. The first-order valence-electron chi connectivity index (χ1n) is 5.86. The number of hydrogen-bond acceptors (Lipinski definition) is 3. The minimum Gasteiger partial charge on any atom is -0.360 e. The van der Waals surface area contributed by atoms with Crippen LogP contribution in [0.2, 0.25) is 0 Å². The number of carbonyl (C=O) groups excluding carboxylic acids is 1. The first kappa shape index (κ1) is 11.3. The molecule has 3 nitrogen and oxygen atoms in total. The van der Waals surface area contributed by atoms with Gasteiger partial charge < -0.3 is 10.2 Å². The van der Waals surface area contributed by atoms with Gasteiger partial charge in [0.1, 0.15) is 6.17 Å². The maximum atomic E-state index is 12.3. The Morgan fingerprint density at radius 3 is 2.72 bits per heavy atom. The molecule has 0 aliphatic carbocycles. The lowest BCUT2D eigenvalue weighted by Gasteiger charge is -2.34. The van der Waals surface area contributed by atoms with Crippen molar-refractivity contribution in [3.05, 3.63) is 51.7 Å². The minimum absolute atomic E-state index is 0.0638. The molecule has 1 amide bonds. The van der Waals surface area contributed by atoms with E-state index in [2.05, 4.69) is 24.4 Å². The highest BCUT2D eigenvalue weighted by Gasteiger charge is 2.30. The van der Waals surface area contributed by atoms with E-state index in [4.69, 9.17) is 0 Å². The minimum atomic E-state index is -0.0638.